The Labute approximate surface area is 170 Å². The zero-order valence-corrected chi connectivity index (χ0v) is 17.1. The molecule has 0 aliphatic heterocycles. The van der Waals surface area contributed by atoms with Crippen molar-refractivity contribution >= 4 is 22.2 Å². The minimum atomic E-state index is -3.39. The first-order chi connectivity index (χ1) is 12.9. The molecule has 3 aromatic rings. The zero-order valence-electron chi connectivity index (χ0n) is 15.5. The van der Waals surface area contributed by atoms with Gasteiger partial charge in [0.05, 0.1) is 16.2 Å². The molecule has 1 heterocycles. The van der Waals surface area contributed by atoms with Crippen LogP contribution in [0.5, 0.6) is 0 Å². The maximum Gasteiger partial charge on any atom is 0.257 e. The first-order valence-electron chi connectivity index (χ1n) is 8.88. The van der Waals surface area contributed by atoms with E-state index in [0.717, 1.165) is 30.4 Å². The van der Waals surface area contributed by atoms with Crippen molar-refractivity contribution in [1.82, 2.24) is 10.1 Å². The molecule has 2 N–H and O–H groups in total. The standard InChI is InChI=1S/C20H21N3O3S.ClH/c1-14-3-9-17(10-4-14)27(24,25)13-15-5-7-16(8-6-15)18-22-19(23-26-18)20(21)11-2-12-20;/h3-10H,2,11-13,21H2,1H3;1H. The molecule has 1 fully saturated rings. The summed E-state index contributed by atoms with van der Waals surface area (Å²) in [4.78, 5) is 4.74. The smallest absolute Gasteiger partial charge is 0.257 e. The van der Waals surface area contributed by atoms with Crippen molar-refractivity contribution in [2.45, 2.75) is 42.4 Å². The summed E-state index contributed by atoms with van der Waals surface area (Å²) in [5.74, 6) is 0.876. The summed E-state index contributed by atoms with van der Waals surface area (Å²) >= 11 is 0. The summed E-state index contributed by atoms with van der Waals surface area (Å²) in [6.07, 6.45) is 2.80. The van der Waals surface area contributed by atoms with Gasteiger partial charge in [0, 0.05) is 5.56 Å². The number of rotatable bonds is 5. The Morgan fingerprint density at radius 3 is 2.29 bits per heavy atom. The molecule has 8 heteroatoms. The van der Waals surface area contributed by atoms with E-state index >= 15 is 0 Å². The predicted molar refractivity (Wildman–Crippen MR) is 109 cm³/mol. The first kappa shape index (κ1) is 20.5. The average molecular weight is 420 g/mol. The van der Waals surface area contributed by atoms with Crippen LogP contribution in [0.3, 0.4) is 0 Å². The van der Waals surface area contributed by atoms with E-state index < -0.39 is 15.4 Å². The van der Waals surface area contributed by atoms with Crippen LogP contribution in [0.4, 0.5) is 0 Å². The van der Waals surface area contributed by atoms with Crippen molar-refractivity contribution in [3.8, 4) is 11.5 Å². The Hall–Kier alpha value is -2.22. The van der Waals surface area contributed by atoms with Gasteiger partial charge in [0.25, 0.3) is 5.89 Å². The second-order valence-corrected chi connectivity index (χ2v) is 9.19. The van der Waals surface area contributed by atoms with Gasteiger partial charge in [-0.2, -0.15) is 4.98 Å². The fourth-order valence-corrected chi connectivity index (χ4v) is 4.46. The Morgan fingerprint density at radius 2 is 1.71 bits per heavy atom. The van der Waals surface area contributed by atoms with E-state index in [4.69, 9.17) is 10.3 Å². The van der Waals surface area contributed by atoms with Gasteiger partial charge in [-0.15, -0.1) is 12.4 Å². The van der Waals surface area contributed by atoms with Gasteiger partial charge < -0.3 is 10.3 Å². The quantitative estimate of drug-likeness (QED) is 0.675. The number of hydrogen-bond acceptors (Lipinski definition) is 6. The van der Waals surface area contributed by atoms with Crippen molar-refractivity contribution in [2.75, 3.05) is 0 Å². The molecule has 28 heavy (non-hydrogen) atoms. The second kappa shape index (κ2) is 7.66. The maximum atomic E-state index is 12.6. The number of halogens is 1. The van der Waals surface area contributed by atoms with Crippen LogP contribution in [-0.4, -0.2) is 18.6 Å². The first-order valence-corrected chi connectivity index (χ1v) is 10.5. The van der Waals surface area contributed by atoms with Crippen LogP contribution in [0.15, 0.2) is 57.9 Å². The lowest BCUT2D eigenvalue weighted by atomic mass is 9.77. The van der Waals surface area contributed by atoms with Crippen molar-refractivity contribution < 1.29 is 12.9 Å². The fourth-order valence-electron chi connectivity index (χ4n) is 3.12. The topological polar surface area (TPSA) is 99.1 Å². The zero-order chi connectivity index (χ0) is 19.1. The van der Waals surface area contributed by atoms with Crippen LogP contribution in [0, 0.1) is 6.92 Å². The molecule has 0 spiro atoms. The average Bonchev–Trinajstić information content (AvgIpc) is 3.11. The molecule has 0 bridgehead atoms. The Bertz CT molecular complexity index is 1060. The van der Waals surface area contributed by atoms with Gasteiger partial charge in [-0.25, -0.2) is 8.42 Å². The van der Waals surface area contributed by atoms with Gasteiger partial charge in [0.15, 0.2) is 15.7 Å². The minimum Gasteiger partial charge on any atom is -0.334 e. The van der Waals surface area contributed by atoms with E-state index in [9.17, 15) is 8.42 Å². The van der Waals surface area contributed by atoms with E-state index in [2.05, 4.69) is 10.1 Å². The molecule has 1 aliphatic carbocycles. The molecule has 0 atom stereocenters. The van der Waals surface area contributed by atoms with Gasteiger partial charge >= 0.3 is 0 Å². The molecule has 0 amide bonds. The molecule has 0 saturated heterocycles. The maximum absolute atomic E-state index is 12.6. The summed E-state index contributed by atoms with van der Waals surface area (Å²) in [5, 5.41) is 4.01. The summed E-state index contributed by atoms with van der Waals surface area (Å²) in [5.41, 5.74) is 8.23. The number of sulfone groups is 1. The molecule has 148 valence electrons. The fraction of sp³-hybridized carbons (Fsp3) is 0.300. The van der Waals surface area contributed by atoms with Gasteiger partial charge in [-0.3, -0.25) is 0 Å². The van der Waals surface area contributed by atoms with Crippen molar-refractivity contribution in [1.29, 1.82) is 0 Å². The van der Waals surface area contributed by atoms with Crippen molar-refractivity contribution in [2.24, 2.45) is 5.73 Å². The van der Waals surface area contributed by atoms with E-state index in [-0.39, 0.29) is 18.2 Å². The number of aryl methyl sites for hydroxylation is 1. The summed E-state index contributed by atoms with van der Waals surface area (Å²) < 4.78 is 30.5. The molecule has 6 nitrogen and oxygen atoms in total. The third-order valence-electron chi connectivity index (χ3n) is 5.05. The Balaban J connectivity index is 0.00000225. The van der Waals surface area contributed by atoms with Gasteiger partial charge in [0.2, 0.25) is 0 Å². The molecular weight excluding hydrogens is 398 g/mol. The van der Waals surface area contributed by atoms with E-state index in [1.165, 1.54) is 0 Å². The lowest BCUT2D eigenvalue weighted by Gasteiger charge is -2.34. The highest BCUT2D eigenvalue weighted by atomic mass is 35.5. The number of hydrogen-bond donors (Lipinski definition) is 1. The van der Waals surface area contributed by atoms with Crippen molar-refractivity contribution in [3.63, 3.8) is 0 Å². The predicted octanol–water partition coefficient (Wildman–Crippen LogP) is 3.78. The van der Waals surface area contributed by atoms with Crippen molar-refractivity contribution in [3.05, 3.63) is 65.5 Å². The number of benzene rings is 2. The van der Waals surface area contributed by atoms with Crippen LogP contribution in [0.2, 0.25) is 0 Å². The van der Waals surface area contributed by atoms with Crippen LogP contribution >= 0.6 is 12.4 Å². The molecule has 1 saturated carbocycles. The largest absolute Gasteiger partial charge is 0.334 e. The highest BCUT2D eigenvalue weighted by molar-refractivity contribution is 7.90. The molecule has 0 radical (unpaired) electrons. The third kappa shape index (κ3) is 3.97. The molecule has 4 rings (SSSR count). The van der Waals surface area contributed by atoms with Gasteiger partial charge in [0.1, 0.15) is 0 Å². The number of nitrogens with two attached hydrogens (primary N) is 1. The number of nitrogens with zero attached hydrogens (tertiary/aromatic N) is 2. The van der Waals surface area contributed by atoms with Crippen LogP contribution < -0.4 is 5.73 Å². The van der Waals surface area contributed by atoms with Gasteiger partial charge in [-0.05, 0) is 56.0 Å². The van der Waals surface area contributed by atoms with Gasteiger partial charge in [-0.1, -0.05) is 35.0 Å². The molecular formula is C20H22ClN3O3S. The lowest BCUT2D eigenvalue weighted by molar-refractivity contribution is 0.229. The Kier molecular flexibility index (Phi) is 5.61. The Morgan fingerprint density at radius 1 is 1.07 bits per heavy atom. The minimum absolute atomic E-state index is 0. The van der Waals surface area contributed by atoms with E-state index in [1.54, 1.807) is 48.5 Å². The normalized spacial score (nSPS) is 15.5. The number of aromatic nitrogens is 2. The molecule has 1 aromatic heterocycles. The van der Waals surface area contributed by atoms with E-state index in [0.29, 0.717) is 22.2 Å². The van der Waals surface area contributed by atoms with Crippen LogP contribution in [0.1, 0.15) is 36.2 Å². The van der Waals surface area contributed by atoms with Crippen LogP contribution in [0.25, 0.3) is 11.5 Å². The lowest BCUT2D eigenvalue weighted by Crippen LogP contribution is -2.44. The molecule has 1 aliphatic rings. The summed E-state index contributed by atoms with van der Waals surface area (Å²) in [6.45, 7) is 1.93. The summed E-state index contributed by atoms with van der Waals surface area (Å²) in [7, 11) is -3.39. The van der Waals surface area contributed by atoms with E-state index in [1.807, 2.05) is 6.92 Å². The third-order valence-corrected chi connectivity index (χ3v) is 6.76. The SMILES string of the molecule is Cc1ccc(S(=O)(=O)Cc2ccc(-c3nc(C4(N)CCC4)no3)cc2)cc1.Cl. The summed E-state index contributed by atoms with van der Waals surface area (Å²) in [6, 6.07) is 14.0. The second-order valence-electron chi connectivity index (χ2n) is 7.20. The molecule has 2 aromatic carbocycles. The van der Waals surface area contributed by atoms with Crippen LogP contribution in [-0.2, 0) is 21.1 Å². The monoisotopic (exact) mass is 419 g/mol. The highest BCUT2D eigenvalue weighted by Gasteiger charge is 2.39. The highest BCUT2D eigenvalue weighted by Crippen LogP contribution is 2.37. The molecule has 0 unspecified atom stereocenters.